The second-order valence-electron chi connectivity index (χ2n) is 8.33. The van der Waals surface area contributed by atoms with Crippen LogP contribution in [-0.2, 0) is 4.79 Å². The first-order valence-corrected chi connectivity index (χ1v) is 12.6. The number of nitrogens with zero attached hydrogens (tertiary/aromatic N) is 1. The van der Waals surface area contributed by atoms with Crippen LogP contribution in [0.1, 0.15) is 103 Å². The van der Waals surface area contributed by atoms with Gasteiger partial charge in [0.1, 0.15) is 0 Å². The molecule has 0 saturated carbocycles. The number of nitrogens with one attached hydrogen (secondary N) is 1. The highest BCUT2D eigenvalue weighted by molar-refractivity contribution is 5.75. The average molecular weight is 427 g/mol. The van der Waals surface area contributed by atoms with Crippen LogP contribution in [-0.4, -0.2) is 60.4 Å². The number of carbonyl (C=O) groups is 1. The normalized spacial score (nSPS) is 11.6. The molecule has 0 fully saturated rings. The van der Waals surface area contributed by atoms with Crippen molar-refractivity contribution >= 4 is 5.91 Å². The predicted octanol–water partition coefficient (Wildman–Crippen LogP) is 4.82. The molecule has 5 heteroatoms. The third kappa shape index (κ3) is 21.8. The fourth-order valence-corrected chi connectivity index (χ4v) is 3.59. The van der Waals surface area contributed by atoms with Gasteiger partial charge < -0.3 is 15.5 Å². The summed E-state index contributed by atoms with van der Waals surface area (Å²) in [7, 11) is 0. The molecular weight excluding hydrogens is 376 g/mol. The van der Waals surface area contributed by atoms with Gasteiger partial charge in [-0.05, 0) is 45.1 Å². The minimum atomic E-state index is 0.0990. The third-order valence-electron chi connectivity index (χ3n) is 5.47. The Bertz CT molecular complexity index is 383. The number of unbranched alkanes of at least 4 members (excludes halogenated alkanes) is 11. The highest BCUT2D eigenvalue weighted by Gasteiger charge is 2.04. The fourth-order valence-electron chi connectivity index (χ4n) is 3.59. The summed E-state index contributed by atoms with van der Waals surface area (Å²) in [5.74, 6) is 0.142. The number of aliphatic hydroxyl groups excluding tert-OH is 2. The maximum atomic E-state index is 11.9. The highest BCUT2D eigenvalue weighted by atomic mass is 16.3. The van der Waals surface area contributed by atoms with E-state index >= 15 is 0 Å². The van der Waals surface area contributed by atoms with Gasteiger partial charge in [0.25, 0.3) is 0 Å². The van der Waals surface area contributed by atoms with E-state index in [1.54, 1.807) is 0 Å². The van der Waals surface area contributed by atoms with Gasteiger partial charge in [0.05, 0.1) is 13.2 Å². The minimum absolute atomic E-state index is 0.0990. The molecule has 0 saturated heterocycles. The SMILES string of the molecule is CCCCCCCC/C=C\CCCCCCCC(=O)NCCCN(CCO)CCO. The molecule has 0 bridgehead atoms. The van der Waals surface area contributed by atoms with Crippen molar-refractivity contribution in [3.63, 3.8) is 0 Å². The lowest BCUT2D eigenvalue weighted by atomic mass is 10.1. The molecule has 0 aromatic rings. The Morgan fingerprint density at radius 1 is 0.733 bits per heavy atom. The minimum Gasteiger partial charge on any atom is -0.395 e. The molecule has 0 rings (SSSR count). The molecule has 178 valence electrons. The molecule has 0 aromatic heterocycles. The van der Waals surface area contributed by atoms with E-state index in [-0.39, 0.29) is 19.1 Å². The fraction of sp³-hybridized carbons (Fsp3) is 0.880. The Morgan fingerprint density at radius 3 is 1.83 bits per heavy atom. The number of hydrogen-bond acceptors (Lipinski definition) is 4. The van der Waals surface area contributed by atoms with Gasteiger partial charge in [-0.2, -0.15) is 0 Å². The standard InChI is InChI=1S/C25H50N2O3/c1-2-3-4-5-6-7-8-9-10-11-12-13-14-15-16-18-25(30)26-19-17-20-27(21-23-28)22-24-29/h9-10,28-29H,2-8,11-24H2,1H3,(H,26,30)/b10-9-. The Kier molecular flexibility index (Phi) is 23.6. The molecule has 0 atom stereocenters. The van der Waals surface area contributed by atoms with Crippen LogP contribution < -0.4 is 5.32 Å². The van der Waals surface area contributed by atoms with Gasteiger partial charge in [0.2, 0.25) is 5.91 Å². The second kappa shape index (κ2) is 24.4. The largest absolute Gasteiger partial charge is 0.395 e. The Labute approximate surface area is 186 Å². The van der Waals surface area contributed by atoms with Crippen molar-refractivity contribution in [2.45, 2.75) is 103 Å². The van der Waals surface area contributed by atoms with Gasteiger partial charge in [-0.1, -0.05) is 70.4 Å². The summed E-state index contributed by atoms with van der Waals surface area (Å²) in [6, 6.07) is 0. The second-order valence-corrected chi connectivity index (χ2v) is 8.33. The van der Waals surface area contributed by atoms with Crippen LogP contribution in [0.25, 0.3) is 0 Å². The maximum absolute atomic E-state index is 11.9. The lowest BCUT2D eigenvalue weighted by molar-refractivity contribution is -0.121. The lowest BCUT2D eigenvalue weighted by Gasteiger charge is -2.19. The first-order chi connectivity index (χ1) is 14.7. The summed E-state index contributed by atoms with van der Waals surface area (Å²) in [6.07, 6.45) is 22.7. The first-order valence-electron chi connectivity index (χ1n) is 12.6. The van der Waals surface area contributed by atoms with Crippen molar-refractivity contribution in [2.75, 3.05) is 39.4 Å². The van der Waals surface area contributed by atoms with Crippen LogP contribution in [0, 0.1) is 0 Å². The average Bonchev–Trinajstić information content (AvgIpc) is 2.74. The topological polar surface area (TPSA) is 72.8 Å². The Balaban J connectivity index is 3.35. The molecule has 0 radical (unpaired) electrons. The maximum Gasteiger partial charge on any atom is 0.219 e. The summed E-state index contributed by atoms with van der Waals surface area (Å²) < 4.78 is 0. The molecule has 1 amide bonds. The number of rotatable bonds is 23. The Morgan fingerprint density at radius 2 is 1.27 bits per heavy atom. The third-order valence-corrected chi connectivity index (χ3v) is 5.47. The van der Waals surface area contributed by atoms with Crippen molar-refractivity contribution in [3.05, 3.63) is 12.2 Å². The van der Waals surface area contributed by atoms with Gasteiger partial charge in [0, 0.05) is 26.1 Å². The molecule has 0 aliphatic heterocycles. The van der Waals surface area contributed by atoms with Crippen LogP contribution >= 0.6 is 0 Å². The number of carbonyl (C=O) groups excluding carboxylic acids is 1. The van der Waals surface area contributed by atoms with Gasteiger partial charge in [-0.3, -0.25) is 9.69 Å². The van der Waals surface area contributed by atoms with E-state index in [1.807, 2.05) is 4.90 Å². The summed E-state index contributed by atoms with van der Waals surface area (Å²) in [5, 5.41) is 20.9. The van der Waals surface area contributed by atoms with Crippen molar-refractivity contribution in [1.29, 1.82) is 0 Å². The summed E-state index contributed by atoms with van der Waals surface area (Å²) in [4.78, 5) is 13.9. The summed E-state index contributed by atoms with van der Waals surface area (Å²) in [5.41, 5.74) is 0. The van der Waals surface area contributed by atoms with E-state index in [9.17, 15) is 4.79 Å². The monoisotopic (exact) mass is 426 g/mol. The molecular formula is C25H50N2O3. The molecule has 3 N–H and O–H groups in total. The zero-order chi connectivity index (χ0) is 22.1. The van der Waals surface area contributed by atoms with Crippen LogP contribution in [0.3, 0.4) is 0 Å². The van der Waals surface area contributed by atoms with E-state index in [1.165, 1.54) is 70.6 Å². The quantitative estimate of drug-likeness (QED) is 0.162. The zero-order valence-electron chi connectivity index (χ0n) is 19.8. The van der Waals surface area contributed by atoms with Crippen LogP contribution in [0.2, 0.25) is 0 Å². The lowest BCUT2D eigenvalue weighted by Crippen LogP contribution is -2.33. The van der Waals surface area contributed by atoms with Crippen LogP contribution in [0.4, 0.5) is 0 Å². The smallest absolute Gasteiger partial charge is 0.219 e. The van der Waals surface area contributed by atoms with Crippen molar-refractivity contribution in [2.24, 2.45) is 0 Å². The molecule has 0 heterocycles. The van der Waals surface area contributed by atoms with Crippen molar-refractivity contribution in [1.82, 2.24) is 10.2 Å². The number of allylic oxidation sites excluding steroid dienone is 2. The van der Waals surface area contributed by atoms with Gasteiger partial charge in [-0.25, -0.2) is 0 Å². The van der Waals surface area contributed by atoms with E-state index in [0.29, 0.717) is 26.1 Å². The first kappa shape index (κ1) is 29.1. The predicted molar refractivity (Wildman–Crippen MR) is 128 cm³/mol. The van der Waals surface area contributed by atoms with Gasteiger partial charge in [-0.15, -0.1) is 0 Å². The number of hydrogen-bond donors (Lipinski definition) is 3. The van der Waals surface area contributed by atoms with Crippen LogP contribution in [0.5, 0.6) is 0 Å². The van der Waals surface area contributed by atoms with Crippen LogP contribution in [0.15, 0.2) is 12.2 Å². The van der Waals surface area contributed by atoms with E-state index in [0.717, 1.165) is 25.8 Å². The number of amides is 1. The van der Waals surface area contributed by atoms with E-state index < -0.39 is 0 Å². The molecule has 0 unspecified atom stereocenters. The Hall–Kier alpha value is -0.910. The molecule has 0 aliphatic rings. The summed E-state index contributed by atoms with van der Waals surface area (Å²) >= 11 is 0. The molecule has 0 aliphatic carbocycles. The molecule has 0 spiro atoms. The highest BCUT2D eigenvalue weighted by Crippen LogP contribution is 2.10. The van der Waals surface area contributed by atoms with Gasteiger partial charge in [0.15, 0.2) is 0 Å². The molecule has 5 nitrogen and oxygen atoms in total. The zero-order valence-corrected chi connectivity index (χ0v) is 19.8. The van der Waals surface area contributed by atoms with Gasteiger partial charge >= 0.3 is 0 Å². The number of aliphatic hydroxyl groups is 2. The summed E-state index contributed by atoms with van der Waals surface area (Å²) in [6.45, 7) is 5.06. The van der Waals surface area contributed by atoms with Crippen molar-refractivity contribution in [3.8, 4) is 0 Å². The van der Waals surface area contributed by atoms with E-state index in [2.05, 4.69) is 24.4 Å². The van der Waals surface area contributed by atoms with E-state index in [4.69, 9.17) is 10.2 Å². The molecule has 30 heavy (non-hydrogen) atoms. The van der Waals surface area contributed by atoms with Crippen molar-refractivity contribution < 1.29 is 15.0 Å². The molecule has 0 aromatic carbocycles.